The molecule has 0 aromatic rings. The van der Waals surface area contributed by atoms with Crippen molar-refractivity contribution in [2.45, 2.75) is 24.5 Å². The Morgan fingerprint density at radius 1 is 1.50 bits per heavy atom. The van der Waals surface area contributed by atoms with Gasteiger partial charge in [-0.3, -0.25) is 4.99 Å². The fraction of sp³-hybridized carbons (Fsp3) is 0.875. The van der Waals surface area contributed by atoms with E-state index in [4.69, 9.17) is 4.74 Å². The van der Waals surface area contributed by atoms with Crippen molar-refractivity contribution in [2.75, 3.05) is 18.9 Å². The third kappa shape index (κ3) is 1.60. The van der Waals surface area contributed by atoms with E-state index in [1.165, 1.54) is 30.1 Å². The fourth-order valence-corrected chi connectivity index (χ4v) is 3.93. The van der Waals surface area contributed by atoms with Gasteiger partial charge in [0, 0.05) is 18.9 Å². The van der Waals surface area contributed by atoms with E-state index in [0.29, 0.717) is 0 Å². The first-order valence-electron chi connectivity index (χ1n) is 4.63. The van der Waals surface area contributed by atoms with Crippen LogP contribution in [0.3, 0.4) is 0 Å². The van der Waals surface area contributed by atoms with Crippen molar-refractivity contribution >= 4 is 27.0 Å². The van der Waals surface area contributed by atoms with Crippen LogP contribution in [0.2, 0.25) is 0 Å². The second kappa shape index (κ2) is 3.52. The summed E-state index contributed by atoms with van der Waals surface area (Å²) in [4.78, 5) is 4.52. The molecule has 0 saturated carbocycles. The molecule has 0 aromatic heterocycles. The quantitative estimate of drug-likeness (QED) is 0.573. The molecule has 2 rings (SSSR count). The lowest BCUT2D eigenvalue weighted by molar-refractivity contribution is 0.0307. The van der Waals surface area contributed by atoms with Crippen LogP contribution in [0.1, 0.15) is 19.3 Å². The van der Waals surface area contributed by atoms with Gasteiger partial charge in [0.05, 0.1) is 20.5 Å². The highest BCUT2D eigenvalue weighted by Gasteiger charge is 2.34. The van der Waals surface area contributed by atoms with E-state index in [0.717, 1.165) is 23.4 Å². The van der Waals surface area contributed by atoms with Crippen LogP contribution in [0.5, 0.6) is 0 Å². The molecule has 0 amide bonds. The molecule has 0 aromatic carbocycles. The standard InChI is InChI=1S/C8H15NOSSi/c12-8(3-1-2-5-10-8)7-9-4-6-11-7/h1-6H2,12H3. The molecule has 68 valence electrons. The maximum Gasteiger partial charge on any atom is 0.0951 e. The highest BCUT2D eigenvalue weighted by Crippen LogP contribution is 2.30. The van der Waals surface area contributed by atoms with Gasteiger partial charge in [-0.2, -0.15) is 0 Å². The van der Waals surface area contributed by atoms with Crippen LogP contribution in [0, 0.1) is 0 Å². The third-order valence-electron chi connectivity index (χ3n) is 2.51. The van der Waals surface area contributed by atoms with E-state index in [1.54, 1.807) is 0 Å². The third-order valence-corrected chi connectivity index (χ3v) is 5.35. The summed E-state index contributed by atoms with van der Waals surface area (Å²) in [5.74, 6) is 1.17. The number of aliphatic imine (C=N–C) groups is 1. The number of ether oxygens (including phenoxy) is 1. The minimum Gasteiger partial charge on any atom is -0.373 e. The van der Waals surface area contributed by atoms with Gasteiger partial charge in [-0.1, -0.05) is 0 Å². The molecule has 2 aliphatic heterocycles. The minimum atomic E-state index is 0.111. The molecule has 1 saturated heterocycles. The zero-order valence-corrected chi connectivity index (χ0v) is 10.3. The summed E-state index contributed by atoms with van der Waals surface area (Å²) in [6.45, 7) is 1.95. The van der Waals surface area contributed by atoms with Crippen LogP contribution in [-0.2, 0) is 4.74 Å². The molecule has 4 heteroatoms. The van der Waals surface area contributed by atoms with E-state index in [-0.39, 0.29) is 5.22 Å². The summed E-state index contributed by atoms with van der Waals surface area (Å²) in [6, 6.07) is 0. The van der Waals surface area contributed by atoms with Gasteiger partial charge in [0.25, 0.3) is 0 Å². The highest BCUT2D eigenvalue weighted by atomic mass is 32.2. The maximum absolute atomic E-state index is 5.86. The van der Waals surface area contributed by atoms with Crippen LogP contribution < -0.4 is 0 Å². The number of hydrogen-bond acceptors (Lipinski definition) is 3. The topological polar surface area (TPSA) is 21.6 Å². The molecule has 1 atom stereocenters. The Labute approximate surface area is 80.6 Å². The molecule has 0 spiro atoms. The summed E-state index contributed by atoms with van der Waals surface area (Å²) in [7, 11) is 1.10. The van der Waals surface area contributed by atoms with Crippen molar-refractivity contribution in [3.8, 4) is 0 Å². The molecule has 1 unspecified atom stereocenters. The van der Waals surface area contributed by atoms with Gasteiger partial charge in [0.2, 0.25) is 0 Å². The predicted molar refractivity (Wildman–Crippen MR) is 57.2 cm³/mol. The van der Waals surface area contributed by atoms with Crippen molar-refractivity contribution in [2.24, 2.45) is 4.99 Å². The van der Waals surface area contributed by atoms with E-state index in [1.807, 2.05) is 11.8 Å². The van der Waals surface area contributed by atoms with Crippen molar-refractivity contribution < 1.29 is 4.74 Å². The van der Waals surface area contributed by atoms with Crippen LogP contribution in [-0.4, -0.2) is 39.4 Å². The Morgan fingerprint density at radius 2 is 2.42 bits per heavy atom. The monoisotopic (exact) mass is 201 g/mol. The molecular formula is C8H15NOSSi. The lowest BCUT2D eigenvalue weighted by atomic mass is 10.1. The van der Waals surface area contributed by atoms with E-state index in [9.17, 15) is 0 Å². The Bertz CT molecular complexity index is 201. The largest absolute Gasteiger partial charge is 0.373 e. The number of rotatable bonds is 1. The summed E-state index contributed by atoms with van der Waals surface area (Å²) < 4.78 is 5.86. The van der Waals surface area contributed by atoms with Crippen LogP contribution >= 0.6 is 11.8 Å². The number of thioether (sulfide) groups is 1. The Kier molecular flexibility index (Phi) is 2.57. The molecular weight excluding hydrogens is 186 g/mol. The average molecular weight is 201 g/mol. The SMILES string of the molecule is [SiH3]C1(C2=NCCS2)CCCCO1. The molecule has 2 heterocycles. The van der Waals surface area contributed by atoms with Gasteiger partial charge in [-0.05, 0) is 19.3 Å². The van der Waals surface area contributed by atoms with Gasteiger partial charge >= 0.3 is 0 Å². The molecule has 2 nitrogen and oxygen atoms in total. The predicted octanol–water partition coefficient (Wildman–Crippen LogP) is 0.394. The summed E-state index contributed by atoms with van der Waals surface area (Å²) >= 11 is 1.91. The average Bonchev–Trinajstić information content (AvgIpc) is 2.58. The molecule has 12 heavy (non-hydrogen) atoms. The summed E-state index contributed by atoms with van der Waals surface area (Å²) in [5, 5.41) is 1.41. The number of hydrogen-bond donors (Lipinski definition) is 0. The van der Waals surface area contributed by atoms with Crippen molar-refractivity contribution in [1.82, 2.24) is 0 Å². The van der Waals surface area contributed by atoms with Gasteiger partial charge in [-0.25, -0.2) is 0 Å². The molecule has 0 bridgehead atoms. The Balaban J connectivity index is 2.07. The van der Waals surface area contributed by atoms with Crippen LogP contribution in [0.25, 0.3) is 0 Å². The zero-order chi connectivity index (χ0) is 8.44. The van der Waals surface area contributed by atoms with Crippen molar-refractivity contribution in [3.05, 3.63) is 0 Å². The first-order chi connectivity index (χ1) is 5.81. The van der Waals surface area contributed by atoms with Gasteiger partial charge in [0.15, 0.2) is 0 Å². The molecule has 0 radical (unpaired) electrons. The second-order valence-corrected chi connectivity index (χ2v) is 6.27. The van der Waals surface area contributed by atoms with E-state index in [2.05, 4.69) is 4.99 Å². The summed E-state index contributed by atoms with van der Waals surface area (Å²) in [5.41, 5.74) is 0. The van der Waals surface area contributed by atoms with Gasteiger partial charge in [0.1, 0.15) is 0 Å². The zero-order valence-electron chi connectivity index (χ0n) is 7.51. The van der Waals surface area contributed by atoms with Crippen LogP contribution in [0.4, 0.5) is 0 Å². The smallest absolute Gasteiger partial charge is 0.0951 e. The van der Waals surface area contributed by atoms with Gasteiger partial charge < -0.3 is 4.74 Å². The first-order valence-corrected chi connectivity index (χ1v) is 6.61. The van der Waals surface area contributed by atoms with E-state index < -0.39 is 0 Å². The second-order valence-electron chi connectivity index (χ2n) is 3.57. The fourth-order valence-electron chi connectivity index (χ4n) is 1.76. The highest BCUT2D eigenvalue weighted by molar-refractivity contribution is 8.14. The first kappa shape index (κ1) is 8.78. The minimum absolute atomic E-state index is 0.111. The Morgan fingerprint density at radius 3 is 3.00 bits per heavy atom. The molecule has 2 aliphatic rings. The van der Waals surface area contributed by atoms with Crippen molar-refractivity contribution in [1.29, 1.82) is 0 Å². The van der Waals surface area contributed by atoms with E-state index >= 15 is 0 Å². The maximum atomic E-state index is 5.86. The van der Waals surface area contributed by atoms with Gasteiger partial charge in [-0.15, -0.1) is 11.8 Å². The Hall–Kier alpha value is 0.197. The van der Waals surface area contributed by atoms with Crippen molar-refractivity contribution in [3.63, 3.8) is 0 Å². The summed E-state index contributed by atoms with van der Waals surface area (Å²) in [6.07, 6.45) is 3.77. The number of nitrogens with zero attached hydrogens (tertiary/aromatic N) is 1. The lowest BCUT2D eigenvalue weighted by Crippen LogP contribution is -2.42. The normalized spacial score (nSPS) is 36.8. The molecule has 0 N–H and O–H groups in total. The lowest BCUT2D eigenvalue weighted by Gasteiger charge is -2.33. The van der Waals surface area contributed by atoms with Crippen LogP contribution in [0.15, 0.2) is 4.99 Å². The molecule has 1 fully saturated rings. The molecule has 0 aliphatic carbocycles.